The summed E-state index contributed by atoms with van der Waals surface area (Å²) in [4.78, 5) is 0. The molecule has 0 fully saturated rings. The van der Waals surface area contributed by atoms with Crippen LogP contribution < -0.4 is 31.8 Å². The Kier molecular flexibility index (Phi) is 6.19. The average molecular weight is 548 g/mol. The summed E-state index contributed by atoms with van der Waals surface area (Å²) in [5.41, 5.74) is 0. The molecule has 0 aliphatic carbocycles. The molecule has 0 heterocycles. The third kappa shape index (κ3) is 3.37. The second-order valence-corrected chi connectivity index (χ2v) is 21.1. The van der Waals surface area contributed by atoms with Crippen LogP contribution in [0.1, 0.15) is 0 Å². The fraction of sp³-hybridized carbons (Fsp3) is 0. The van der Waals surface area contributed by atoms with Crippen LogP contribution in [0.5, 0.6) is 0 Å². The Bertz CT molecular complexity index is 608. The van der Waals surface area contributed by atoms with E-state index < -0.39 is 6.46 Å². The number of benzene rings is 3. The first kappa shape index (κ1) is 16.7. The van der Waals surface area contributed by atoms with E-state index in [1.54, 1.807) is 0 Å². The predicted molar refractivity (Wildman–Crippen MR) is 107 cm³/mol. The molecule has 22 heavy (non-hydrogen) atoms. The SMILES string of the molecule is I[I-]S[P+](c1ccccc1)(c1ccccc1)c1ccccc1. The molecule has 3 aromatic rings. The van der Waals surface area contributed by atoms with Gasteiger partial charge in [0.2, 0.25) is 0 Å². The van der Waals surface area contributed by atoms with E-state index in [-0.39, 0.29) is 15.8 Å². The van der Waals surface area contributed by atoms with Gasteiger partial charge in [-0.25, -0.2) is 0 Å². The van der Waals surface area contributed by atoms with Crippen molar-refractivity contribution in [3.63, 3.8) is 0 Å². The monoisotopic (exact) mass is 548 g/mol. The molecule has 0 saturated heterocycles. The van der Waals surface area contributed by atoms with Crippen LogP contribution in [0.25, 0.3) is 0 Å². The summed E-state index contributed by atoms with van der Waals surface area (Å²) >= 11 is 2.67. The molecule has 0 nitrogen and oxygen atoms in total. The Morgan fingerprint density at radius 3 is 1.18 bits per heavy atom. The van der Waals surface area contributed by atoms with Gasteiger partial charge in [-0.15, -0.1) is 0 Å². The zero-order valence-electron chi connectivity index (χ0n) is 11.8. The van der Waals surface area contributed by atoms with E-state index in [1.807, 2.05) is 0 Å². The molecule has 0 saturated carbocycles. The molecule has 0 amide bonds. The summed E-state index contributed by atoms with van der Waals surface area (Å²) in [6.07, 6.45) is 0. The minimum atomic E-state index is -1.60. The third-order valence-corrected chi connectivity index (χ3v) is 25.1. The Morgan fingerprint density at radius 2 is 0.909 bits per heavy atom. The van der Waals surface area contributed by atoms with Gasteiger partial charge in [-0.2, -0.15) is 0 Å². The van der Waals surface area contributed by atoms with E-state index in [0.29, 0.717) is 0 Å². The van der Waals surface area contributed by atoms with Gasteiger partial charge in [0.15, 0.2) is 0 Å². The number of hydrogen-bond acceptors (Lipinski definition) is 1. The van der Waals surface area contributed by atoms with E-state index in [9.17, 15) is 0 Å². The molecule has 0 unspecified atom stereocenters. The van der Waals surface area contributed by atoms with Gasteiger partial charge in [0, 0.05) is 0 Å². The van der Waals surface area contributed by atoms with Crippen LogP contribution in [0, 0.1) is 0 Å². The fourth-order valence-corrected chi connectivity index (χ4v) is 29.2. The van der Waals surface area contributed by atoms with E-state index in [2.05, 4.69) is 118 Å². The molecule has 112 valence electrons. The van der Waals surface area contributed by atoms with Crippen molar-refractivity contribution in [2.45, 2.75) is 0 Å². The molecule has 3 aromatic carbocycles. The zero-order valence-corrected chi connectivity index (χ0v) is 17.8. The first-order valence-corrected chi connectivity index (χ1v) is 18.9. The Labute approximate surface area is 155 Å². The first-order chi connectivity index (χ1) is 10.9. The van der Waals surface area contributed by atoms with Gasteiger partial charge in [0.05, 0.1) is 0 Å². The predicted octanol–water partition coefficient (Wildman–Crippen LogP) is 1.98. The van der Waals surface area contributed by atoms with Crippen LogP contribution in [-0.4, -0.2) is 0 Å². The molecule has 0 aliphatic heterocycles. The summed E-state index contributed by atoms with van der Waals surface area (Å²) in [7, 11) is 2.19. The molecule has 0 aromatic heterocycles. The Morgan fingerprint density at radius 1 is 0.591 bits per heavy atom. The summed E-state index contributed by atoms with van der Waals surface area (Å²) in [5, 5.41) is 4.40. The van der Waals surface area contributed by atoms with E-state index in [0.717, 1.165) is 0 Å². The molecule has 0 spiro atoms. The summed E-state index contributed by atoms with van der Waals surface area (Å²) in [6.45, 7) is -1.60. The van der Waals surface area contributed by atoms with Crippen LogP contribution in [0.3, 0.4) is 0 Å². The summed E-state index contributed by atoms with van der Waals surface area (Å²) in [6, 6.07) is 33.2. The number of hydrogen-bond donors (Lipinski definition) is 0. The molecule has 0 radical (unpaired) electrons. The number of halogens is 2. The maximum absolute atomic E-state index is 2.59. The standard InChI is InChI=1S/C18H15I2PS/c19-20-22-21(16-10-4-1-5-11-16,17-12-6-2-7-13-17)18-14-8-3-9-15-18/h1-15H. The topological polar surface area (TPSA) is 0 Å². The molecule has 0 atom stereocenters. The van der Waals surface area contributed by atoms with Crippen molar-refractivity contribution in [2.24, 2.45) is 0 Å². The normalized spacial score (nSPS) is 11.5. The molecule has 0 bridgehead atoms. The number of rotatable bonds is 5. The molecule has 0 aliphatic rings. The maximum atomic E-state index is 2.59. The molecule has 4 heteroatoms. The van der Waals surface area contributed by atoms with Crippen LogP contribution >= 0.6 is 33.6 Å². The average Bonchev–Trinajstić information content (AvgIpc) is 2.62. The second-order valence-electron chi connectivity index (χ2n) is 4.74. The van der Waals surface area contributed by atoms with E-state index in [4.69, 9.17) is 0 Å². The van der Waals surface area contributed by atoms with Gasteiger partial charge < -0.3 is 0 Å². The molecule has 0 N–H and O–H groups in total. The van der Waals surface area contributed by atoms with Gasteiger partial charge in [-0.05, 0) is 0 Å². The van der Waals surface area contributed by atoms with Crippen LogP contribution in [-0.2, 0) is 0 Å². The van der Waals surface area contributed by atoms with Crippen molar-refractivity contribution in [1.82, 2.24) is 0 Å². The van der Waals surface area contributed by atoms with Crippen LogP contribution in [0.2, 0.25) is 0 Å². The third-order valence-electron chi connectivity index (χ3n) is 3.49. The van der Waals surface area contributed by atoms with Gasteiger partial charge in [-0.3, -0.25) is 0 Å². The van der Waals surface area contributed by atoms with Gasteiger partial charge >= 0.3 is 156 Å². The fourth-order valence-electron chi connectivity index (χ4n) is 2.52. The van der Waals surface area contributed by atoms with Crippen molar-refractivity contribution < 1.29 is 15.8 Å². The first-order valence-electron chi connectivity index (χ1n) is 6.88. The zero-order chi connectivity index (χ0) is 15.3. The minimum absolute atomic E-state index is 0.0764. The van der Waals surface area contributed by atoms with Gasteiger partial charge in [-0.1, -0.05) is 0 Å². The van der Waals surface area contributed by atoms with Crippen molar-refractivity contribution in [3.05, 3.63) is 91.0 Å². The van der Waals surface area contributed by atoms with Crippen LogP contribution in [0.15, 0.2) is 91.0 Å². The van der Waals surface area contributed by atoms with E-state index in [1.165, 1.54) is 15.9 Å². The Balaban J connectivity index is 2.29. The molecular weight excluding hydrogens is 533 g/mol. The van der Waals surface area contributed by atoms with E-state index >= 15 is 0 Å². The van der Waals surface area contributed by atoms with Gasteiger partial charge in [0.1, 0.15) is 0 Å². The van der Waals surface area contributed by atoms with Crippen molar-refractivity contribution in [1.29, 1.82) is 0 Å². The second kappa shape index (κ2) is 8.13. The molecule has 3 rings (SSSR count). The van der Waals surface area contributed by atoms with Crippen LogP contribution in [0.4, 0.5) is 0 Å². The van der Waals surface area contributed by atoms with Crippen molar-refractivity contribution >= 4 is 49.5 Å². The molecular formula is C18H15I2PS. The quantitative estimate of drug-likeness (QED) is 0.348. The summed E-state index contributed by atoms with van der Waals surface area (Å²) < 4.78 is 0. The van der Waals surface area contributed by atoms with Crippen molar-refractivity contribution in [3.8, 4) is 0 Å². The summed E-state index contributed by atoms with van der Waals surface area (Å²) in [5.74, 6) is 0. The Hall–Kier alpha value is -0.1000. The van der Waals surface area contributed by atoms with Gasteiger partial charge in [0.25, 0.3) is 0 Å². The van der Waals surface area contributed by atoms with Crippen molar-refractivity contribution in [2.75, 3.05) is 0 Å².